The van der Waals surface area contributed by atoms with Gasteiger partial charge < -0.3 is 24.9 Å². The molecule has 12 heteroatoms. The van der Waals surface area contributed by atoms with E-state index < -0.39 is 27.5 Å². The maximum Gasteiger partial charge on any atom is 0.455 e. The molecule has 0 aliphatic rings. The van der Waals surface area contributed by atoms with E-state index in [0.29, 0.717) is 0 Å². The van der Waals surface area contributed by atoms with E-state index in [2.05, 4.69) is 15.5 Å². The Kier molecular flexibility index (Phi) is 7.94. The van der Waals surface area contributed by atoms with Gasteiger partial charge in [-0.15, -0.1) is 0 Å². The van der Waals surface area contributed by atoms with Gasteiger partial charge in [-0.3, -0.25) is 0 Å². The van der Waals surface area contributed by atoms with Gasteiger partial charge in [0.2, 0.25) is 0 Å². The fraction of sp³-hybridized carbons (Fsp3) is 0.222. The van der Waals surface area contributed by atoms with E-state index in [0.717, 1.165) is 5.56 Å². The molecule has 9 N–H and O–H groups in total. The SMILES string of the molecule is NP(=O)(O)O.N[C@H](Cc1ccccc1)C(=O)OP(N)(=O)O. The van der Waals surface area contributed by atoms with Crippen molar-refractivity contribution in [3.63, 3.8) is 0 Å². The standard InChI is InChI=1S/C9H13N2O4P.H4NO3P/c10-8(9(12)15-16(11,13)14)6-7-4-2-1-3-5-7;1-5(2,3)4/h1-5,8H,6,10H2,(H3,11,13,14);(H4,1,2,3,4)/t8-;/m1./s1. The summed E-state index contributed by atoms with van der Waals surface area (Å²) in [6.07, 6.45) is 0.222. The average molecular weight is 341 g/mol. The molecule has 0 bridgehead atoms. The van der Waals surface area contributed by atoms with Crippen LogP contribution in [0.25, 0.3) is 0 Å². The average Bonchev–Trinajstić information content (AvgIpc) is 2.25. The highest BCUT2D eigenvalue weighted by Gasteiger charge is 2.23. The first-order valence-electron chi connectivity index (χ1n) is 5.37. The van der Waals surface area contributed by atoms with Crippen molar-refractivity contribution in [2.45, 2.75) is 12.5 Å². The Bertz CT molecular complexity index is 533. The molecule has 0 fully saturated rings. The van der Waals surface area contributed by atoms with Crippen LogP contribution in [-0.2, 0) is 24.9 Å². The van der Waals surface area contributed by atoms with Crippen LogP contribution < -0.4 is 16.7 Å². The van der Waals surface area contributed by atoms with Crippen LogP contribution in [0.3, 0.4) is 0 Å². The largest absolute Gasteiger partial charge is 0.455 e. The molecule has 10 nitrogen and oxygen atoms in total. The van der Waals surface area contributed by atoms with Gasteiger partial charge in [0.15, 0.2) is 0 Å². The molecule has 0 saturated carbocycles. The lowest BCUT2D eigenvalue weighted by Crippen LogP contribution is -2.34. The van der Waals surface area contributed by atoms with E-state index in [-0.39, 0.29) is 6.42 Å². The molecule has 1 rings (SSSR count). The van der Waals surface area contributed by atoms with E-state index in [1.807, 2.05) is 6.07 Å². The molecule has 0 radical (unpaired) electrons. The minimum atomic E-state index is -4.31. The fourth-order valence-corrected chi connectivity index (χ4v) is 1.54. The Hall–Kier alpha value is -1.09. The second-order valence-electron chi connectivity index (χ2n) is 3.86. The highest BCUT2D eigenvalue weighted by Crippen LogP contribution is 2.31. The molecule has 0 spiro atoms. The van der Waals surface area contributed by atoms with E-state index in [1.165, 1.54) is 0 Å². The second-order valence-corrected chi connectivity index (χ2v) is 6.35. The summed E-state index contributed by atoms with van der Waals surface area (Å²) in [5, 5.41) is 0. The van der Waals surface area contributed by atoms with Gasteiger partial charge in [0.25, 0.3) is 0 Å². The molecule has 0 amide bonds. The zero-order valence-corrected chi connectivity index (χ0v) is 12.6. The van der Waals surface area contributed by atoms with Gasteiger partial charge in [0.1, 0.15) is 6.04 Å². The number of hydrogen-bond donors (Lipinski definition) is 6. The maximum atomic E-state index is 11.2. The molecular weight excluding hydrogens is 324 g/mol. The van der Waals surface area contributed by atoms with Crippen LogP contribution in [-0.4, -0.2) is 26.7 Å². The van der Waals surface area contributed by atoms with Crippen LogP contribution in [0.4, 0.5) is 0 Å². The summed E-state index contributed by atoms with van der Waals surface area (Å²) >= 11 is 0. The Labute approximate surface area is 120 Å². The van der Waals surface area contributed by atoms with E-state index in [4.69, 9.17) is 25.0 Å². The lowest BCUT2D eigenvalue weighted by Gasteiger charge is -2.12. The zero-order chi connectivity index (χ0) is 16.7. The topological polar surface area (TPSA) is 199 Å². The molecular formula is C9H17N3O7P2. The lowest BCUT2D eigenvalue weighted by molar-refractivity contribution is -0.136. The van der Waals surface area contributed by atoms with Crippen molar-refractivity contribution in [2.24, 2.45) is 16.7 Å². The van der Waals surface area contributed by atoms with Crippen LogP contribution in [0.2, 0.25) is 0 Å². The molecule has 0 aliphatic carbocycles. The van der Waals surface area contributed by atoms with Crippen molar-refractivity contribution >= 4 is 21.5 Å². The first kappa shape index (κ1) is 19.9. The van der Waals surface area contributed by atoms with Gasteiger partial charge in [0, 0.05) is 0 Å². The normalized spacial score (nSPS) is 15.1. The molecule has 1 aromatic carbocycles. The molecule has 0 aromatic heterocycles. The monoisotopic (exact) mass is 341 g/mol. The van der Waals surface area contributed by atoms with Crippen molar-refractivity contribution in [1.29, 1.82) is 0 Å². The number of nitrogens with two attached hydrogens (primary N) is 3. The maximum absolute atomic E-state index is 11.2. The number of hydrogen-bond acceptors (Lipinski definition) is 5. The van der Waals surface area contributed by atoms with Crippen molar-refractivity contribution in [2.75, 3.05) is 0 Å². The molecule has 21 heavy (non-hydrogen) atoms. The third-order valence-corrected chi connectivity index (χ3v) is 2.26. The Balaban J connectivity index is 0.000000690. The third kappa shape index (κ3) is 13.6. The predicted molar refractivity (Wildman–Crippen MR) is 74.5 cm³/mol. The van der Waals surface area contributed by atoms with Crippen molar-refractivity contribution in [1.82, 2.24) is 0 Å². The summed E-state index contributed by atoms with van der Waals surface area (Å²) in [7, 11) is -8.45. The highest BCUT2D eigenvalue weighted by atomic mass is 31.2. The van der Waals surface area contributed by atoms with Crippen LogP contribution in [0.15, 0.2) is 30.3 Å². The molecule has 1 aromatic rings. The fourth-order valence-electron chi connectivity index (χ4n) is 1.15. The smallest absolute Gasteiger partial charge is 0.379 e. The van der Waals surface area contributed by atoms with Gasteiger partial charge in [0.05, 0.1) is 0 Å². The van der Waals surface area contributed by atoms with Crippen LogP contribution in [0.5, 0.6) is 0 Å². The minimum Gasteiger partial charge on any atom is -0.379 e. The highest BCUT2D eigenvalue weighted by molar-refractivity contribution is 7.50. The van der Waals surface area contributed by atoms with E-state index in [1.54, 1.807) is 24.3 Å². The van der Waals surface area contributed by atoms with Crippen molar-refractivity contribution in [3.8, 4) is 0 Å². The number of benzene rings is 1. The molecule has 0 heterocycles. The predicted octanol–water partition coefficient (Wildman–Crippen LogP) is -0.804. The number of carbonyl (C=O) groups excluding carboxylic acids is 1. The van der Waals surface area contributed by atoms with Crippen LogP contribution >= 0.6 is 15.5 Å². The summed E-state index contributed by atoms with van der Waals surface area (Å²) < 4.78 is 23.8. The molecule has 1 unspecified atom stereocenters. The van der Waals surface area contributed by atoms with E-state index in [9.17, 15) is 9.36 Å². The van der Waals surface area contributed by atoms with Crippen molar-refractivity contribution < 1.29 is 33.1 Å². The van der Waals surface area contributed by atoms with Crippen LogP contribution in [0, 0.1) is 0 Å². The van der Waals surface area contributed by atoms with Gasteiger partial charge in [-0.25, -0.2) is 24.9 Å². The van der Waals surface area contributed by atoms with E-state index >= 15 is 0 Å². The Morgan fingerprint density at radius 3 is 1.95 bits per heavy atom. The summed E-state index contributed by atoms with van der Waals surface area (Å²) in [5.74, 6) is -0.989. The van der Waals surface area contributed by atoms with Crippen LogP contribution in [0.1, 0.15) is 5.56 Å². The second kappa shape index (κ2) is 8.38. The van der Waals surface area contributed by atoms with Gasteiger partial charge >= 0.3 is 21.5 Å². The number of carbonyl (C=O) groups is 1. The summed E-state index contributed by atoms with van der Waals surface area (Å²) in [5.41, 5.74) is 15.0. The molecule has 120 valence electrons. The summed E-state index contributed by atoms with van der Waals surface area (Å²) in [6, 6.07) is 7.99. The Morgan fingerprint density at radius 2 is 1.57 bits per heavy atom. The lowest BCUT2D eigenvalue weighted by atomic mass is 10.1. The van der Waals surface area contributed by atoms with Gasteiger partial charge in [-0.1, -0.05) is 30.3 Å². The zero-order valence-electron chi connectivity index (χ0n) is 10.8. The van der Waals surface area contributed by atoms with Gasteiger partial charge in [-0.2, -0.15) is 0 Å². The number of rotatable bonds is 4. The van der Waals surface area contributed by atoms with Crippen molar-refractivity contribution in [3.05, 3.63) is 35.9 Å². The molecule has 0 aliphatic heterocycles. The first-order valence-corrected chi connectivity index (χ1v) is 8.70. The van der Waals surface area contributed by atoms with Gasteiger partial charge in [-0.05, 0) is 12.0 Å². The molecule has 0 saturated heterocycles. The Morgan fingerprint density at radius 1 is 1.14 bits per heavy atom. The summed E-state index contributed by atoms with van der Waals surface area (Å²) in [4.78, 5) is 34.7. The quantitative estimate of drug-likeness (QED) is 0.376. The first-order chi connectivity index (χ1) is 9.38. The minimum absolute atomic E-state index is 0.222. The summed E-state index contributed by atoms with van der Waals surface area (Å²) in [6.45, 7) is 0. The molecule has 2 atom stereocenters. The third-order valence-electron chi connectivity index (χ3n) is 1.82.